The quantitative estimate of drug-likeness (QED) is 0.641. The van der Waals surface area contributed by atoms with Gasteiger partial charge >= 0.3 is 0 Å². The van der Waals surface area contributed by atoms with Gasteiger partial charge in [0.1, 0.15) is 0 Å². The topological polar surface area (TPSA) is 56.5 Å². The fraction of sp³-hybridized carbons (Fsp3) is 0.250. The van der Waals surface area contributed by atoms with E-state index < -0.39 is 0 Å². The van der Waals surface area contributed by atoms with Crippen LogP contribution >= 0.6 is 15.9 Å². The van der Waals surface area contributed by atoms with Crippen LogP contribution in [0.3, 0.4) is 0 Å². The van der Waals surface area contributed by atoms with E-state index in [1.165, 1.54) is 0 Å². The summed E-state index contributed by atoms with van der Waals surface area (Å²) in [5.41, 5.74) is 6.10. The molecule has 0 bridgehead atoms. The number of ether oxygens (including phenoxy) is 2. The number of nitrogens with two attached hydrogens (primary N) is 1. The Bertz CT molecular complexity index is 632. The fourth-order valence-electron chi connectivity index (χ4n) is 2.29. The summed E-state index contributed by atoms with van der Waals surface area (Å²) in [5.74, 6) is 7.15. The van der Waals surface area contributed by atoms with Crippen molar-refractivity contribution in [2.75, 3.05) is 14.2 Å². The second-order valence-electron chi connectivity index (χ2n) is 4.69. The van der Waals surface area contributed by atoms with Crippen LogP contribution in [0.2, 0.25) is 0 Å². The summed E-state index contributed by atoms with van der Waals surface area (Å²) in [6.45, 7) is 2.05. The van der Waals surface area contributed by atoms with E-state index in [4.69, 9.17) is 15.3 Å². The van der Waals surface area contributed by atoms with Crippen molar-refractivity contribution in [1.82, 2.24) is 5.43 Å². The van der Waals surface area contributed by atoms with E-state index in [1.54, 1.807) is 14.2 Å². The second kappa shape index (κ2) is 6.93. The van der Waals surface area contributed by atoms with Gasteiger partial charge in [0.25, 0.3) is 0 Å². The Kier molecular flexibility index (Phi) is 5.22. The van der Waals surface area contributed by atoms with Gasteiger partial charge in [-0.25, -0.2) is 5.43 Å². The van der Waals surface area contributed by atoms with E-state index in [1.807, 2.05) is 30.3 Å². The molecule has 1 atom stereocenters. The summed E-state index contributed by atoms with van der Waals surface area (Å²) in [4.78, 5) is 0. The summed E-state index contributed by atoms with van der Waals surface area (Å²) in [6.07, 6.45) is 0. The number of hydrogen-bond acceptors (Lipinski definition) is 4. The summed E-state index contributed by atoms with van der Waals surface area (Å²) in [5, 5.41) is 0. The Morgan fingerprint density at radius 3 is 2.43 bits per heavy atom. The lowest BCUT2D eigenvalue weighted by Crippen LogP contribution is -2.29. The molecule has 2 rings (SSSR count). The molecule has 2 aromatic rings. The third-order valence-corrected chi connectivity index (χ3v) is 4.52. The first-order chi connectivity index (χ1) is 10.1. The smallest absolute Gasteiger partial charge is 0.161 e. The average molecular weight is 351 g/mol. The highest BCUT2D eigenvalue weighted by atomic mass is 79.9. The van der Waals surface area contributed by atoms with Crippen LogP contribution in [0.4, 0.5) is 0 Å². The molecule has 0 fully saturated rings. The van der Waals surface area contributed by atoms with Crippen LogP contribution in [0.1, 0.15) is 22.7 Å². The lowest BCUT2D eigenvalue weighted by atomic mass is 9.97. The van der Waals surface area contributed by atoms with Crippen LogP contribution in [0.5, 0.6) is 11.5 Å². The molecule has 0 saturated heterocycles. The van der Waals surface area contributed by atoms with Gasteiger partial charge in [0.15, 0.2) is 11.5 Å². The highest BCUT2D eigenvalue weighted by molar-refractivity contribution is 9.10. The van der Waals surface area contributed by atoms with Crippen molar-refractivity contribution in [2.24, 2.45) is 5.84 Å². The first-order valence-corrected chi connectivity index (χ1v) is 7.34. The molecular formula is C16H19BrN2O2. The van der Waals surface area contributed by atoms with Crippen LogP contribution in [0.15, 0.2) is 40.9 Å². The standard InChI is InChI=1S/C16H19BrN2O2/c1-10-5-4-6-12(15(10)17)16(19-18)11-7-8-13(20-2)14(9-11)21-3/h4-9,16,19H,18H2,1-3H3. The SMILES string of the molecule is COc1ccc(C(NN)c2cccc(C)c2Br)cc1OC. The molecule has 1 unspecified atom stereocenters. The Hall–Kier alpha value is -1.56. The molecule has 0 aliphatic carbocycles. The van der Waals surface area contributed by atoms with Gasteiger partial charge in [-0.15, -0.1) is 0 Å². The van der Waals surface area contributed by atoms with E-state index in [9.17, 15) is 0 Å². The Morgan fingerprint density at radius 1 is 1.10 bits per heavy atom. The third-order valence-electron chi connectivity index (χ3n) is 3.44. The lowest BCUT2D eigenvalue weighted by molar-refractivity contribution is 0.354. The number of methoxy groups -OCH3 is 2. The molecule has 0 aromatic heterocycles. The van der Waals surface area contributed by atoms with Gasteiger partial charge in [-0.05, 0) is 35.7 Å². The molecule has 2 aromatic carbocycles. The van der Waals surface area contributed by atoms with Crippen molar-refractivity contribution < 1.29 is 9.47 Å². The van der Waals surface area contributed by atoms with Crippen molar-refractivity contribution in [3.63, 3.8) is 0 Å². The molecule has 4 nitrogen and oxygen atoms in total. The van der Waals surface area contributed by atoms with Crippen LogP contribution in [-0.4, -0.2) is 14.2 Å². The first-order valence-electron chi connectivity index (χ1n) is 6.55. The molecule has 5 heteroatoms. The Labute approximate surface area is 133 Å². The predicted molar refractivity (Wildman–Crippen MR) is 87.6 cm³/mol. The number of halogens is 1. The van der Waals surface area contributed by atoms with E-state index in [-0.39, 0.29) is 6.04 Å². The van der Waals surface area contributed by atoms with Crippen LogP contribution in [0, 0.1) is 6.92 Å². The van der Waals surface area contributed by atoms with Crippen LogP contribution in [-0.2, 0) is 0 Å². The molecule has 112 valence electrons. The normalized spacial score (nSPS) is 12.0. The molecule has 3 N–H and O–H groups in total. The zero-order valence-electron chi connectivity index (χ0n) is 12.3. The minimum atomic E-state index is -0.140. The monoisotopic (exact) mass is 350 g/mol. The number of hydrazine groups is 1. The highest BCUT2D eigenvalue weighted by Crippen LogP contribution is 2.35. The summed E-state index contributed by atoms with van der Waals surface area (Å²) >= 11 is 3.63. The third kappa shape index (κ3) is 3.20. The molecule has 0 radical (unpaired) electrons. The molecule has 0 amide bonds. The molecule has 0 aliphatic rings. The number of benzene rings is 2. The summed E-state index contributed by atoms with van der Waals surface area (Å²) < 4.78 is 11.7. The molecule has 0 heterocycles. The maximum atomic E-state index is 5.77. The van der Waals surface area contributed by atoms with Gasteiger partial charge < -0.3 is 9.47 Å². The number of aryl methyl sites for hydroxylation is 1. The van der Waals surface area contributed by atoms with Crippen molar-refractivity contribution in [3.05, 3.63) is 57.6 Å². The predicted octanol–water partition coefficient (Wildman–Crippen LogP) is 3.33. The van der Waals surface area contributed by atoms with E-state index in [0.29, 0.717) is 11.5 Å². The molecular weight excluding hydrogens is 332 g/mol. The van der Waals surface area contributed by atoms with E-state index in [0.717, 1.165) is 21.2 Å². The van der Waals surface area contributed by atoms with Gasteiger partial charge in [0.2, 0.25) is 0 Å². The van der Waals surface area contributed by atoms with Crippen LogP contribution < -0.4 is 20.7 Å². The fourth-order valence-corrected chi connectivity index (χ4v) is 2.78. The number of nitrogens with one attached hydrogen (secondary N) is 1. The molecule has 0 saturated carbocycles. The van der Waals surface area contributed by atoms with Gasteiger partial charge in [-0.1, -0.05) is 40.2 Å². The molecule has 21 heavy (non-hydrogen) atoms. The minimum absolute atomic E-state index is 0.140. The minimum Gasteiger partial charge on any atom is -0.493 e. The number of hydrogen-bond donors (Lipinski definition) is 2. The lowest BCUT2D eigenvalue weighted by Gasteiger charge is -2.20. The van der Waals surface area contributed by atoms with Crippen molar-refractivity contribution in [1.29, 1.82) is 0 Å². The zero-order valence-corrected chi connectivity index (χ0v) is 13.9. The first kappa shape index (κ1) is 15.8. The van der Waals surface area contributed by atoms with Crippen LogP contribution in [0.25, 0.3) is 0 Å². The Morgan fingerprint density at radius 2 is 1.81 bits per heavy atom. The average Bonchev–Trinajstić information content (AvgIpc) is 2.51. The number of rotatable bonds is 5. The summed E-state index contributed by atoms with van der Waals surface area (Å²) in [7, 11) is 3.24. The van der Waals surface area contributed by atoms with Crippen molar-refractivity contribution in [2.45, 2.75) is 13.0 Å². The largest absolute Gasteiger partial charge is 0.493 e. The Balaban J connectivity index is 2.49. The van der Waals surface area contributed by atoms with Gasteiger partial charge in [0, 0.05) is 4.47 Å². The highest BCUT2D eigenvalue weighted by Gasteiger charge is 2.18. The second-order valence-corrected chi connectivity index (χ2v) is 5.49. The van der Waals surface area contributed by atoms with Gasteiger partial charge in [-0.2, -0.15) is 0 Å². The molecule has 0 spiro atoms. The zero-order chi connectivity index (χ0) is 15.4. The van der Waals surface area contributed by atoms with Gasteiger partial charge in [0.05, 0.1) is 20.3 Å². The maximum Gasteiger partial charge on any atom is 0.161 e. The van der Waals surface area contributed by atoms with Gasteiger partial charge in [-0.3, -0.25) is 5.84 Å². The summed E-state index contributed by atoms with van der Waals surface area (Å²) in [6, 6.07) is 11.7. The molecule has 0 aliphatic heterocycles. The van der Waals surface area contributed by atoms with Crippen molar-refractivity contribution >= 4 is 15.9 Å². The maximum absolute atomic E-state index is 5.77. The van der Waals surface area contributed by atoms with Crippen molar-refractivity contribution in [3.8, 4) is 11.5 Å². The van der Waals surface area contributed by atoms with E-state index >= 15 is 0 Å². The van der Waals surface area contributed by atoms with E-state index in [2.05, 4.69) is 34.3 Å².